The Morgan fingerprint density at radius 2 is 2.26 bits per heavy atom. The molecule has 1 amide bonds. The van der Waals surface area contributed by atoms with E-state index in [1.807, 2.05) is 6.92 Å². The van der Waals surface area contributed by atoms with Crippen LogP contribution in [0.2, 0.25) is 0 Å². The van der Waals surface area contributed by atoms with Crippen LogP contribution in [0, 0.1) is 23.1 Å². The third kappa shape index (κ3) is 3.55. The minimum Gasteiger partial charge on any atom is -0.396 e. The Morgan fingerprint density at radius 1 is 1.63 bits per heavy atom. The molecule has 0 radical (unpaired) electrons. The summed E-state index contributed by atoms with van der Waals surface area (Å²) in [6.45, 7) is 7.34. The van der Waals surface area contributed by atoms with Crippen LogP contribution in [0.5, 0.6) is 0 Å². The summed E-state index contributed by atoms with van der Waals surface area (Å²) in [7, 11) is 0. The number of anilines is 2. The predicted octanol–water partition coefficient (Wildman–Crippen LogP) is 2.82. The fourth-order valence-corrected chi connectivity index (χ4v) is 1.69. The van der Waals surface area contributed by atoms with Gasteiger partial charge in [0.15, 0.2) is 0 Å². The van der Waals surface area contributed by atoms with Crippen molar-refractivity contribution >= 4 is 17.3 Å². The highest BCUT2D eigenvalue weighted by molar-refractivity contribution is 5.96. The summed E-state index contributed by atoms with van der Waals surface area (Å²) in [5, 5.41) is 11.4. The molecule has 0 aliphatic rings. The second-order valence-electron chi connectivity index (χ2n) is 4.55. The number of hydrogen-bond acceptors (Lipinski definition) is 3. The number of nitrogens with two attached hydrogens (primary N) is 1. The minimum absolute atomic E-state index is 0.0571. The Bertz CT molecular complexity index is 561. The topological polar surface area (TPSA) is 78.9 Å². The van der Waals surface area contributed by atoms with Gasteiger partial charge in [0, 0.05) is 5.92 Å². The van der Waals surface area contributed by atoms with E-state index in [-0.39, 0.29) is 28.8 Å². The zero-order valence-electron chi connectivity index (χ0n) is 11.0. The first-order chi connectivity index (χ1) is 8.86. The first-order valence-corrected chi connectivity index (χ1v) is 5.80. The maximum Gasteiger partial charge on any atom is 0.227 e. The normalized spacial score (nSPS) is 11.5. The smallest absolute Gasteiger partial charge is 0.227 e. The van der Waals surface area contributed by atoms with Crippen LogP contribution >= 0.6 is 0 Å². The molecule has 0 fully saturated rings. The van der Waals surface area contributed by atoms with Crippen LogP contribution < -0.4 is 11.1 Å². The molecule has 0 saturated carbocycles. The highest BCUT2D eigenvalue weighted by Gasteiger charge is 2.16. The number of carbonyl (C=O) groups is 1. The van der Waals surface area contributed by atoms with E-state index >= 15 is 0 Å². The molecule has 0 spiro atoms. The maximum absolute atomic E-state index is 13.3. The summed E-state index contributed by atoms with van der Waals surface area (Å²) in [5.41, 5.74) is 6.48. The van der Waals surface area contributed by atoms with E-state index in [9.17, 15) is 9.18 Å². The summed E-state index contributed by atoms with van der Waals surface area (Å²) in [6.07, 6.45) is 0.554. The van der Waals surface area contributed by atoms with E-state index in [0.717, 1.165) is 11.6 Å². The van der Waals surface area contributed by atoms with Gasteiger partial charge in [-0.2, -0.15) is 5.26 Å². The zero-order valence-corrected chi connectivity index (χ0v) is 11.0. The Labute approximate surface area is 111 Å². The number of nitrogen functional groups attached to an aromatic ring is 1. The van der Waals surface area contributed by atoms with Crippen molar-refractivity contribution in [1.29, 1.82) is 5.26 Å². The van der Waals surface area contributed by atoms with Crippen molar-refractivity contribution < 1.29 is 9.18 Å². The lowest BCUT2D eigenvalue weighted by molar-refractivity contribution is -0.119. The number of nitrogens with one attached hydrogen (secondary N) is 1. The maximum atomic E-state index is 13.3. The van der Waals surface area contributed by atoms with Gasteiger partial charge in [-0.25, -0.2) is 4.39 Å². The predicted molar refractivity (Wildman–Crippen MR) is 72.8 cm³/mol. The number of hydrogen-bond donors (Lipinski definition) is 2. The van der Waals surface area contributed by atoms with Crippen molar-refractivity contribution in [3.05, 3.63) is 35.7 Å². The molecule has 0 aliphatic heterocycles. The van der Waals surface area contributed by atoms with Crippen LogP contribution in [0.3, 0.4) is 0 Å². The number of benzene rings is 1. The van der Waals surface area contributed by atoms with Gasteiger partial charge in [0.2, 0.25) is 5.91 Å². The molecule has 0 aromatic heterocycles. The molecular formula is C14H16FN3O. The third-order valence-electron chi connectivity index (χ3n) is 2.67. The highest BCUT2D eigenvalue weighted by atomic mass is 19.1. The van der Waals surface area contributed by atoms with Crippen molar-refractivity contribution in [1.82, 2.24) is 0 Å². The van der Waals surface area contributed by atoms with Crippen LogP contribution in [0.1, 0.15) is 25.8 Å². The second-order valence-corrected chi connectivity index (χ2v) is 4.55. The van der Waals surface area contributed by atoms with Gasteiger partial charge in [0.1, 0.15) is 17.4 Å². The van der Waals surface area contributed by atoms with Gasteiger partial charge in [0.05, 0.1) is 11.4 Å². The lowest BCUT2D eigenvalue weighted by Gasteiger charge is -2.14. The lowest BCUT2D eigenvalue weighted by atomic mass is 10.0. The van der Waals surface area contributed by atoms with E-state index in [1.165, 1.54) is 6.07 Å². The van der Waals surface area contributed by atoms with Crippen molar-refractivity contribution in [3.63, 3.8) is 0 Å². The standard InChI is InChI=1S/C14H16FN3O/c1-8(2)6-9(3)14(19)18-12-5-4-11(15)10(7-16)13(12)17/h4-5,9H,1,6,17H2,2-3H3,(H,18,19). The van der Waals surface area contributed by atoms with Gasteiger partial charge < -0.3 is 11.1 Å². The average Bonchev–Trinajstić information content (AvgIpc) is 2.32. The van der Waals surface area contributed by atoms with E-state index in [2.05, 4.69) is 11.9 Å². The molecule has 100 valence electrons. The lowest BCUT2D eigenvalue weighted by Crippen LogP contribution is -2.21. The number of nitriles is 1. The summed E-state index contributed by atoms with van der Waals surface area (Å²) in [5.74, 6) is -1.22. The number of nitrogens with zero attached hydrogens (tertiary/aromatic N) is 1. The van der Waals surface area contributed by atoms with Crippen molar-refractivity contribution in [2.75, 3.05) is 11.1 Å². The molecule has 0 bridgehead atoms. The first kappa shape index (κ1) is 14.7. The van der Waals surface area contributed by atoms with Crippen LogP contribution in [0.25, 0.3) is 0 Å². The molecule has 4 nitrogen and oxygen atoms in total. The van der Waals surface area contributed by atoms with Crippen LogP contribution in [0.15, 0.2) is 24.3 Å². The number of halogens is 1. The zero-order chi connectivity index (χ0) is 14.6. The molecule has 0 aliphatic carbocycles. The molecule has 1 atom stereocenters. The molecule has 3 N–H and O–H groups in total. The van der Waals surface area contributed by atoms with Gasteiger partial charge in [-0.05, 0) is 25.5 Å². The van der Waals surface area contributed by atoms with Gasteiger partial charge in [-0.1, -0.05) is 12.5 Å². The molecular weight excluding hydrogens is 245 g/mol. The molecule has 0 heterocycles. The Balaban J connectivity index is 2.92. The summed E-state index contributed by atoms with van der Waals surface area (Å²) >= 11 is 0. The SMILES string of the molecule is C=C(C)CC(C)C(=O)Nc1ccc(F)c(C#N)c1N. The fraction of sp³-hybridized carbons (Fsp3) is 0.286. The number of amides is 1. The van der Waals surface area contributed by atoms with E-state index < -0.39 is 5.82 Å². The van der Waals surface area contributed by atoms with E-state index in [1.54, 1.807) is 13.0 Å². The molecule has 19 heavy (non-hydrogen) atoms. The van der Waals surface area contributed by atoms with Crippen LogP contribution in [0.4, 0.5) is 15.8 Å². The summed E-state index contributed by atoms with van der Waals surface area (Å²) < 4.78 is 13.3. The third-order valence-corrected chi connectivity index (χ3v) is 2.67. The average molecular weight is 261 g/mol. The van der Waals surface area contributed by atoms with E-state index in [4.69, 9.17) is 11.0 Å². The van der Waals surface area contributed by atoms with Crippen LogP contribution in [-0.4, -0.2) is 5.91 Å². The van der Waals surface area contributed by atoms with Crippen molar-refractivity contribution in [2.45, 2.75) is 20.3 Å². The van der Waals surface area contributed by atoms with Gasteiger partial charge in [-0.15, -0.1) is 6.58 Å². The van der Waals surface area contributed by atoms with Crippen LogP contribution in [-0.2, 0) is 4.79 Å². The molecule has 0 saturated heterocycles. The Kier molecular flexibility index (Phi) is 4.65. The second kappa shape index (κ2) is 6.01. The monoisotopic (exact) mass is 261 g/mol. The molecule has 1 unspecified atom stereocenters. The van der Waals surface area contributed by atoms with Gasteiger partial charge >= 0.3 is 0 Å². The molecule has 1 aromatic rings. The first-order valence-electron chi connectivity index (χ1n) is 5.80. The largest absolute Gasteiger partial charge is 0.396 e. The quantitative estimate of drug-likeness (QED) is 0.646. The van der Waals surface area contributed by atoms with Gasteiger partial charge in [-0.3, -0.25) is 4.79 Å². The molecule has 5 heteroatoms. The fourth-order valence-electron chi connectivity index (χ4n) is 1.69. The van der Waals surface area contributed by atoms with Crippen molar-refractivity contribution in [2.24, 2.45) is 5.92 Å². The van der Waals surface area contributed by atoms with E-state index in [0.29, 0.717) is 6.42 Å². The highest BCUT2D eigenvalue weighted by Crippen LogP contribution is 2.25. The summed E-state index contributed by atoms with van der Waals surface area (Å²) in [6, 6.07) is 4.12. The van der Waals surface area contributed by atoms with Gasteiger partial charge in [0.25, 0.3) is 0 Å². The summed E-state index contributed by atoms with van der Waals surface area (Å²) in [4.78, 5) is 11.9. The molecule has 1 rings (SSSR count). The Morgan fingerprint density at radius 3 is 2.79 bits per heavy atom. The number of rotatable bonds is 4. The van der Waals surface area contributed by atoms with Crippen molar-refractivity contribution in [3.8, 4) is 6.07 Å². The molecule has 1 aromatic carbocycles. The Hall–Kier alpha value is -2.35. The number of carbonyl (C=O) groups excluding carboxylic acids is 1. The minimum atomic E-state index is -0.701. The number of allylic oxidation sites excluding steroid dienone is 1.